The first-order valence-corrected chi connectivity index (χ1v) is 5.74. The van der Waals surface area contributed by atoms with Crippen molar-refractivity contribution in [2.24, 2.45) is 0 Å². The van der Waals surface area contributed by atoms with Gasteiger partial charge in [-0.3, -0.25) is 4.79 Å². The van der Waals surface area contributed by atoms with E-state index < -0.39 is 0 Å². The van der Waals surface area contributed by atoms with E-state index in [1.54, 1.807) is 0 Å². The minimum absolute atomic E-state index is 0.0870. The van der Waals surface area contributed by atoms with Gasteiger partial charge in [0.1, 0.15) is 0 Å². The fraction of sp³-hybridized carbons (Fsp3) is 0.909. The summed E-state index contributed by atoms with van der Waals surface area (Å²) in [5, 5.41) is 3.26. The molecule has 0 bridgehead atoms. The van der Waals surface area contributed by atoms with Crippen LogP contribution in [-0.4, -0.2) is 36.0 Å². The second-order valence-electron chi connectivity index (χ2n) is 4.03. The van der Waals surface area contributed by atoms with E-state index in [-0.39, 0.29) is 6.04 Å². The zero-order valence-corrected chi connectivity index (χ0v) is 9.55. The van der Waals surface area contributed by atoms with Gasteiger partial charge < -0.3 is 10.2 Å². The van der Waals surface area contributed by atoms with Crippen LogP contribution in [-0.2, 0) is 4.79 Å². The van der Waals surface area contributed by atoms with E-state index in [1.165, 1.54) is 0 Å². The minimum Gasteiger partial charge on any atom is -0.339 e. The molecule has 1 aliphatic heterocycles. The Morgan fingerprint density at radius 2 is 2.29 bits per heavy atom. The lowest BCUT2D eigenvalue weighted by atomic mass is 10.1. The molecule has 0 aromatic heterocycles. The summed E-state index contributed by atoms with van der Waals surface area (Å²) < 4.78 is 0. The maximum absolute atomic E-state index is 12.0. The normalized spacial score (nSPS) is 23.5. The first-order valence-electron chi connectivity index (χ1n) is 5.74. The lowest BCUT2D eigenvalue weighted by Gasteiger charge is -2.29. The summed E-state index contributed by atoms with van der Waals surface area (Å²) in [6.07, 6.45) is 3.17. The highest BCUT2D eigenvalue weighted by molar-refractivity contribution is 5.82. The predicted octanol–water partition coefficient (Wildman–Crippen LogP) is 1.39. The van der Waals surface area contributed by atoms with Gasteiger partial charge in [0, 0.05) is 12.6 Å². The summed E-state index contributed by atoms with van der Waals surface area (Å²) in [5.74, 6) is 0.291. The molecule has 0 aromatic rings. The number of hydrogen-bond acceptors (Lipinski definition) is 2. The van der Waals surface area contributed by atoms with Gasteiger partial charge >= 0.3 is 0 Å². The molecule has 3 nitrogen and oxygen atoms in total. The van der Waals surface area contributed by atoms with E-state index in [0.717, 1.165) is 32.4 Å². The molecule has 14 heavy (non-hydrogen) atoms. The summed E-state index contributed by atoms with van der Waals surface area (Å²) >= 11 is 0. The standard InChI is InChI=1S/C11H22N2O/c1-4-9(3)13(5-2)11(14)10-7-6-8-12-10/h9-10,12H,4-8H2,1-3H3/t9?,10-/m0/s1. The molecule has 1 rings (SSSR count). The topological polar surface area (TPSA) is 32.3 Å². The molecule has 0 saturated carbocycles. The molecule has 0 radical (unpaired) electrons. The number of amides is 1. The number of nitrogens with zero attached hydrogens (tertiary/aromatic N) is 1. The average Bonchev–Trinajstić information content (AvgIpc) is 2.71. The Morgan fingerprint density at radius 1 is 1.57 bits per heavy atom. The third kappa shape index (κ3) is 2.47. The second-order valence-corrected chi connectivity index (χ2v) is 4.03. The van der Waals surface area contributed by atoms with Crippen molar-refractivity contribution >= 4 is 5.91 Å². The fourth-order valence-corrected chi connectivity index (χ4v) is 2.00. The van der Waals surface area contributed by atoms with Gasteiger partial charge in [0.15, 0.2) is 0 Å². The molecule has 1 aliphatic rings. The van der Waals surface area contributed by atoms with Crippen LogP contribution < -0.4 is 5.32 Å². The van der Waals surface area contributed by atoms with Gasteiger partial charge in [-0.25, -0.2) is 0 Å². The Labute approximate surface area is 86.9 Å². The van der Waals surface area contributed by atoms with Crippen molar-refractivity contribution in [2.45, 2.75) is 52.1 Å². The number of carbonyl (C=O) groups excluding carboxylic acids is 1. The number of likely N-dealkylation sites (N-methyl/N-ethyl adjacent to an activating group) is 1. The number of carbonyl (C=O) groups is 1. The molecule has 2 atom stereocenters. The Balaban J connectivity index is 2.54. The van der Waals surface area contributed by atoms with Crippen molar-refractivity contribution in [1.29, 1.82) is 0 Å². The van der Waals surface area contributed by atoms with Crippen molar-refractivity contribution in [3.05, 3.63) is 0 Å². The van der Waals surface area contributed by atoms with Gasteiger partial charge in [0.05, 0.1) is 6.04 Å². The molecule has 1 heterocycles. The lowest BCUT2D eigenvalue weighted by Crippen LogP contribution is -2.47. The molecule has 1 fully saturated rings. The number of nitrogens with one attached hydrogen (secondary N) is 1. The third-order valence-electron chi connectivity index (χ3n) is 3.11. The zero-order valence-electron chi connectivity index (χ0n) is 9.55. The molecule has 0 aromatic carbocycles. The minimum atomic E-state index is 0.0870. The van der Waals surface area contributed by atoms with E-state index in [1.807, 2.05) is 4.90 Å². The molecular formula is C11H22N2O. The van der Waals surface area contributed by atoms with Crippen LogP contribution in [0.5, 0.6) is 0 Å². The highest BCUT2D eigenvalue weighted by atomic mass is 16.2. The smallest absolute Gasteiger partial charge is 0.239 e. The average molecular weight is 198 g/mol. The largest absolute Gasteiger partial charge is 0.339 e. The highest BCUT2D eigenvalue weighted by Crippen LogP contribution is 2.12. The van der Waals surface area contributed by atoms with E-state index in [0.29, 0.717) is 11.9 Å². The molecule has 0 spiro atoms. The first kappa shape index (κ1) is 11.5. The van der Waals surface area contributed by atoms with Crippen LogP contribution in [0.2, 0.25) is 0 Å². The summed E-state index contributed by atoms with van der Waals surface area (Å²) in [7, 11) is 0. The fourth-order valence-electron chi connectivity index (χ4n) is 2.00. The molecule has 1 unspecified atom stereocenters. The Morgan fingerprint density at radius 3 is 2.71 bits per heavy atom. The lowest BCUT2D eigenvalue weighted by molar-refractivity contribution is -0.134. The quantitative estimate of drug-likeness (QED) is 0.740. The summed E-state index contributed by atoms with van der Waals surface area (Å²) in [6.45, 7) is 8.12. The number of rotatable bonds is 4. The zero-order chi connectivity index (χ0) is 10.6. The van der Waals surface area contributed by atoms with Crippen LogP contribution in [0.4, 0.5) is 0 Å². The van der Waals surface area contributed by atoms with Crippen LogP contribution in [0.15, 0.2) is 0 Å². The van der Waals surface area contributed by atoms with Crippen molar-refractivity contribution in [3.63, 3.8) is 0 Å². The summed E-state index contributed by atoms with van der Waals surface area (Å²) in [6, 6.07) is 0.457. The van der Waals surface area contributed by atoms with Gasteiger partial charge in [-0.05, 0) is 39.7 Å². The predicted molar refractivity (Wildman–Crippen MR) is 58.2 cm³/mol. The van der Waals surface area contributed by atoms with Gasteiger partial charge in [0.25, 0.3) is 0 Å². The van der Waals surface area contributed by atoms with E-state index in [4.69, 9.17) is 0 Å². The van der Waals surface area contributed by atoms with Crippen LogP contribution in [0.1, 0.15) is 40.0 Å². The second kappa shape index (κ2) is 5.35. The van der Waals surface area contributed by atoms with Crippen LogP contribution in [0, 0.1) is 0 Å². The maximum Gasteiger partial charge on any atom is 0.239 e. The molecule has 1 saturated heterocycles. The van der Waals surface area contributed by atoms with Crippen molar-refractivity contribution in [3.8, 4) is 0 Å². The van der Waals surface area contributed by atoms with Gasteiger partial charge in [-0.1, -0.05) is 6.92 Å². The molecule has 1 N–H and O–H groups in total. The Bertz CT molecular complexity index is 188. The van der Waals surface area contributed by atoms with Crippen molar-refractivity contribution < 1.29 is 4.79 Å². The van der Waals surface area contributed by atoms with Gasteiger partial charge in [0.2, 0.25) is 5.91 Å². The van der Waals surface area contributed by atoms with Gasteiger partial charge in [-0.15, -0.1) is 0 Å². The van der Waals surface area contributed by atoms with Crippen LogP contribution in [0.25, 0.3) is 0 Å². The first-order chi connectivity index (χ1) is 6.70. The number of hydrogen-bond donors (Lipinski definition) is 1. The molecule has 3 heteroatoms. The highest BCUT2D eigenvalue weighted by Gasteiger charge is 2.27. The molecule has 0 aliphatic carbocycles. The summed E-state index contributed by atoms with van der Waals surface area (Å²) in [4.78, 5) is 14.0. The summed E-state index contributed by atoms with van der Waals surface area (Å²) in [5.41, 5.74) is 0. The molecular weight excluding hydrogens is 176 g/mol. The Kier molecular flexibility index (Phi) is 4.39. The SMILES string of the molecule is CCC(C)N(CC)C(=O)[C@@H]1CCCN1. The van der Waals surface area contributed by atoms with E-state index >= 15 is 0 Å². The molecule has 82 valence electrons. The van der Waals surface area contributed by atoms with E-state index in [2.05, 4.69) is 26.1 Å². The Hall–Kier alpha value is -0.570. The van der Waals surface area contributed by atoms with Crippen LogP contribution >= 0.6 is 0 Å². The third-order valence-corrected chi connectivity index (χ3v) is 3.11. The van der Waals surface area contributed by atoms with Crippen molar-refractivity contribution in [2.75, 3.05) is 13.1 Å². The van der Waals surface area contributed by atoms with Gasteiger partial charge in [-0.2, -0.15) is 0 Å². The van der Waals surface area contributed by atoms with Crippen LogP contribution in [0.3, 0.4) is 0 Å². The van der Waals surface area contributed by atoms with Crippen molar-refractivity contribution in [1.82, 2.24) is 10.2 Å². The molecule has 1 amide bonds. The van der Waals surface area contributed by atoms with E-state index in [9.17, 15) is 4.79 Å². The monoisotopic (exact) mass is 198 g/mol. The maximum atomic E-state index is 12.0.